The van der Waals surface area contributed by atoms with E-state index in [1.165, 1.54) is 18.2 Å². The van der Waals surface area contributed by atoms with Crippen LogP contribution in [-0.4, -0.2) is 16.9 Å². The third kappa shape index (κ3) is 2.59. The quantitative estimate of drug-likeness (QED) is 0.800. The van der Waals surface area contributed by atoms with Crippen LogP contribution in [0.2, 0.25) is 0 Å². The third-order valence-electron chi connectivity index (χ3n) is 2.83. The lowest BCUT2D eigenvalue weighted by Crippen LogP contribution is -2.32. The minimum absolute atomic E-state index is 0.0298. The highest BCUT2D eigenvalue weighted by atomic mass is 19.1. The number of nitrogens with one attached hydrogen (secondary N) is 2. The largest absolute Gasteiger partial charge is 0.361 e. The van der Waals surface area contributed by atoms with Crippen molar-refractivity contribution in [1.29, 1.82) is 0 Å². The average Bonchev–Trinajstić information content (AvgIpc) is 2.71. The summed E-state index contributed by atoms with van der Waals surface area (Å²) in [5.74, 6) is -0.459. The van der Waals surface area contributed by atoms with E-state index in [-0.39, 0.29) is 17.8 Å². The summed E-state index contributed by atoms with van der Waals surface area (Å²) in [6, 6.07) is 4.60. The Labute approximate surface area is 105 Å². The van der Waals surface area contributed by atoms with E-state index in [9.17, 15) is 9.18 Å². The van der Waals surface area contributed by atoms with Crippen LogP contribution in [0.4, 0.5) is 4.39 Å². The smallest absolute Gasteiger partial charge is 0.243 e. The van der Waals surface area contributed by atoms with Crippen molar-refractivity contribution >= 4 is 16.8 Å². The molecule has 0 bridgehead atoms. The zero-order valence-corrected chi connectivity index (χ0v) is 10.2. The van der Waals surface area contributed by atoms with Crippen molar-refractivity contribution in [3.8, 4) is 0 Å². The maximum Gasteiger partial charge on any atom is 0.243 e. The third-order valence-corrected chi connectivity index (χ3v) is 2.83. The Kier molecular flexibility index (Phi) is 3.46. The number of aromatic amines is 1. The van der Waals surface area contributed by atoms with Gasteiger partial charge in [-0.05, 0) is 43.2 Å². The molecule has 2 rings (SSSR count). The van der Waals surface area contributed by atoms with E-state index < -0.39 is 0 Å². The summed E-state index contributed by atoms with van der Waals surface area (Å²) in [7, 11) is 0. The Morgan fingerprint density at radius 2 is 2.39 bits per heavy atom. The second kappa shape index (κ2) is 5.04. The second-order valence-corrected chi connectivity index (χ2v) is 4.32. The molecule has 1 aromatic heterocycles. The second-order valence-electron chi connectivity index (χ2n) is 4.32. The molecule has 0 radical (unpaired) electrons. The van der Waals surface area contributed by atoms with Gasteiger partial charge in [-0.1, -0.05) is 6.58 Å². The molecule has 0 saturated carbocycles. The Hall–Kier alpha value is -2.10. The van der Waals surface area contributed by atoms with Gasteiger partial charge in [0, 0.05) is 23.1 Å². The number of halogens is 1. The highest BCUT2D eigenvalue weighted by molar-refractivity contribution is 5.87. The van der Waals surface area contributed by atoms with Crippen molar-refractivity contribution in [1.82, 2.24) is 10.3 Å². The number of carbonyl (C=O) groups excluding carboxylic acids is 1. The molecular weight excluding hydrogens is 231 g/mol. The van der Waals surface area contributed by atoms with E-state index in [0.717, 1.165) is 16.5 Å². The molecule has 0 aliphatic heterocycles. The van der Waals surface area contributed by atoms with Gasteiger partial charge in [0.2, 0.25) is 5.91 Å². The predicted octanol–water partition coefficient (Wildman–Crippen LogP) is 2.54. The number of hydrogen-bond donors (Lipinski definition) is 2. The van der Waals surface area contributed by atoms with Crippen LogP contribution in [0, 0.1) is 5.82 Å². The van der Waals surface area contributed by atoms with Gasteiger partial charge in [0.1, 0.15) is 5.82 Å². The van der Waals surface area contributed by atoms with E-state index in [1.54, 1.807) is 6.07 Å². The molecule has 1 unspecified atom stereocenters. The number of aromatic nitrogens is 1. The van der Waals surface area contributed by atoms with Crippen molar-refractivity contribution in [2.24, 2.45) is 0 Å². The molecule has 3 nitrogen and oxygen atoms in total. The van der Waals surface area contributed by atoms with E-state index in [4.69, 9.17) is 0 Å². The highest BCUT2D eigenvalue weighted by Crippen LogP contribution is 2.20. The fourth-order valence-electron chi connectivity index (χ4n) is 2.00. The SMILES string of the molecule is C=CC(=O)NC(C)Cc1c[nH]c2ccc(F)cc12. The fraction of sp³-hybridized carbons (Fsp3) is 0.214. The fourth-order valence-corrected chi connectivity index (χ4v) is 2.00. The number of amides is 1. The summed E-state index contributed by atoms with van der Waals surface area (Å²) in [5, 5.41) is 3.64. The Morgan fingerprint density at radius 1 is 1.61 bits per heavy atom. The van der Waals surface area contributed by atoms with E-state index in [1.807, 2.05) is 13.1 Å². The van der Waals surface area contributed by atoms with E-state index in [2.05, 4.69) is 16.9 Å². The monoisotopic (exact) mass is 246 g/mol. The van der Waals surface area contributed by atoms with Crippen LogP contribution >= 0.6 is 0 Å². The number of rotatable bonds is 4. The molecule has 0 saturated heterocycles. The van der Waals surface area contributed by atoms with Crippen LogP contribution < -0.4 is 5.32 Å². The van der Waals surface area contributed by atoms with Gasteiger partial charge in [0.05, 0.1) is 0 Å². The van der Waals surface area contributed by atoms with Gasteiger partial charge >= 0.3 is 0 Å². The molecule has 1 atom stereocenters. The minimum Gasteiger partial charge on any atom is -0.361 e. The molecule has 0 aliphatic rings. The first-order valence-electron chi connectivity index (χ1n) is 5.78. The van der Waals surface area contributed by atoms with E-state index in [0.29, 0.717) is 6.42 Å². The van der Waals surface area contributed by atoms with Gasteiger partial charge < -0.3 is 10.3 Å². The van der Waals surface area contributed by atoms with Crippen molar-refractivity contribution in [3.63, 3.8) is 0 Å². The molecule has 1 aromatic carbocycles. The standard InChI is InChI=1S/C14H15FN2O/c1-3-14(18)17-9(2)6-10-8-16-13-5-4-11(15)7-12(10)13/h3-5,7-9,16H,1,6H2,2H3,(H,17,18). The molecule has 2 aromatic rings. The Bertz CT molecular complexity index is 588. The number of hydrogen-bond acceptors (Lipinski definition) is 1. The molecule has 94 valence electrons. The maximum absolute atomic E-state index is 13.2. The van der Waals surface area contributed by atoms with Gasteiger partial charge in [-0.25, -0.2) is 4.39 Å². The summed E-state index contributed by atoms with van der Waals surface area (Å²) in [6.45, 7) is 5.31. The average molecular weight is 246 g/mol. The van der Waals surface area contributed by atoms with Crippen LogP contribution in [0.15, 0.2) is 37.1 Å². The van der Waals surface area contributed by atoms with Crippen LogP contribution in [0.1, 0.15) is 12.5 Å². The molecule has 0 spiro atoms. The van der Waals surface area contributed by atoms with Gasteiger partial charge in [-0.2, -0.15) is 0 Å². The zero-order valence-electron chi connectivity index (χ0n) is 10.2. The van der Waals surface area contributed by atoms with Gasteiger partial charge in [-0.3, -0.25) is 4.79 Å². The number of fused-ring (bicyclic) bond motifs is 1. The van der Waals surface area contributed by atoms with Crippen LogP contribution in [0.5, 0.6) is 0 Å². The van der Waals surface area contributed by atoms with Crippen LogP contribution in [0.3, 0.4) is 0 Å². The summed E-state index contributed by atoms with van der Waals surface area (Å²) in [5.41, 5.74) is 1.88. The van der Waals surface area contributed by atoms with E-state index >= 15 is 0 Å². The van der Waals surface area contributed by atoms with Crippen LogP contribution in [-0.2, 0) is 11.2 Å². The molecule has 0 aliphatic carbocycles. The number of H-pyrrole nitrogens is 1. The first-order chi connectivity index (χ1) is 8.60. The number of benzene rings is 1. The first kappa shape index (κ1) is 12.4. The first-order valence-corrected chi connectivity index (χ1v) is 5.78. The van der Waals surface area contributed by atoms with Crippen molar-refractivity contribution < 1.29 is 9.18 Å². The highest BCUT2D eigenvalue weighted by Gasteiger charge is 2.10. The zero-order chi connectivity index (χ0) is 13.1. The molecule has 2 N–H and O–H groups in total. The van der Waals surface area contributed by atoms with Gasteiger partial charge in [0.15, 0.2) is 0 Å². The van der Waals surface area contributed by atoms with Crippen LogP contribution in [0.25, 0.3) is 10.9 Å². The van der Waals surface area contributed by atoms with Gasteiger partial charge in [0.25, 0.3) is 0 Å². The lowest BCUT2D eigenvalue weighted by molar-refractivity contribution is -0.117. The van der Waals surface area contributed by atoms with Gasteiger partial charge in [-0.15, -0.1) is 0 Å². The van der Waals surface area contributed by atoms with Crippen molar-refractivity contribution in [2.75, 3.05) is 0 Å². The Balaban J connectivity index is 2.18. The minimum atomic E-state index is -0.258. The molecule has 0 fully saturated rings. The summed E-state index contributed by atoms with van der Waals surface area (Å²) >= 11 is 0. The summed E-state index contributed by atoms with van der Waals surface area (Å²) < 4.78 is 13.2. The topological polar surface area (TPSA) is 44.9 Å². The maximum atomic E-state index is 13.2. The molecular formula is C14H15FN2O. The lowest BCUT2D eigenvalue weighted by atomic mass is 10.1. The lowest BCUT2D eigenvalue weighted by Gasteiger charge is -2.11. The molecule has 1 heterocycles. The predicted molar refractivity (Wildman–Crippen MR) is 69.8 cm³/mol. The van der Waals surface area contributed by atoms with Crippen molar-refractivity contribution in [3.05, 3.63) is 48.4 Å². The summed E-state index contributed by atoms with van der Waals surface area (Å²) in [6.07, 6.45) is 3.73. The normalized spacial score (nSPS) is 12.3. The van der Waals surface area contributed by atoms with Crippen molar-refractivity contribution in [2.45, 2.75) is 19.4 Å². The molecule has 18 heavy (non-hydrogen) atoms. The number of carbonyl (C=O) groups is 1. The molecule has 1 amide bonds. The molecule has 4 heteroatoms. The summed E-state index contributed by atoms with van der Waals surface area (Å²) in [4.78, 5) is 14.3. The Morgan fingerprint density at radius 3 is 3.11 bits per heavy atom.